The van der Waals surface area contributed by atoms with Crippen LogP contribution in [0.1, 0.15) is 50.7 Å². The maximum absolute atomic E-state index is 12.5. The number of ketones is 2. The minimum absolute atomic E-state index is 0.0570. The Hall–Kier alpha value is -3.94. The number of allylic oxidation sites excluding steroid dienone is 2. The Balaban J connectivity index is 1.38. The third kappa shape index (κ3) is 5.17. The molecule has 4 rings (SSSR count). The molecule has 2 aromatic carbocycles. The maximum atomic E-state index is 12.5. The minimum Gasteiger partial charge on any atom is -0.480 e. The van der Waals surface area contributed by atoms with Crippen molar-refractivity contribution in [1.29, 1.82) is 0 Å². The highest BCUT2D eigenvalue weighted by Crippen LogP contribution is 2.44. The first kappa shape index (κ1) is 25.2. The van der Waals surface area contributed by atoms with Crippen molar-refractivity contribution in [2.24, 2.45) is 5.41 Å². The molecule has 0 spiro atoms. The molecule has 1 fully saturated rings. The number of carboxylic acid groups (broad SMARTS) is 1. The highest BCUT2D eigenvalue weighted by Gasteiger charge is 2.37. The van der Waals surface area contributed by atoms with Crippen molar-refractivity contribution in [2.45, 2.75) is 45.6 Å². The summed E-state index contributed by atoms with van der Waals surface area (Å²) in [5, 5.41) is 14.8. The number of alkyl carbamates (subject to hydrolysis) is 1. The van der Waals surface area contributed by atoms with Crippen molar-refractivity contribution in [2.75, 3.05) is 13.2 Å². The van der Waals surface area contributed by atoms with Crippen LogP contribution in [0.15, 0.2) is 59.8 Å². The molecule has 0 aromatic heterocycles. The Morgan fingerprint density at radius 2 is 1.53 bits per heavy atom. The second kappa shape index (κ2) is 9.97. The van der Waals surface area contributed by atoms with Crippen LogP contribution in [0.5, 0.6) is 0 Å². The molecule has 8 heteroatoms. The number of benzene rings is 2. The summed E-state index contributed by atoms with van der Waals surface area (Å²) >= 11 is 0. The van der Waals surface area contributed by atoms with E-state index in [-0.39, 0.29) is 49.1 Å². The smallest absolute Gasteiger partial charge is 0.407 e. The van der Waals surface area contributed by atoms with Gasteiger partial charge in [0.1, 0.15) is 12.6 Å². The summed E-state index contributed by atoms with van der Waals surface area (Å²) in [6.45, 7) is 5.14. The van der Waals surface area contributed by atoms with Gasteiger partial charge in [-0.3, -0.25) is 9.59 Å². The third-order valence-corrected chi connectivity index (χ3v) is 6.72. The van der Waals surface area contributed by atoms with Gasteiger partial charge in [-0.15, -0.1) is 0 Å². The number of ether oxygens (including phenoxy) is 1. The van der Waals surface area contributed by atoms with E-state index in [9.17, 15) is 24.3 Å². The SMILES string of the molecule is CC(NC[C@@H](NC(=O)OCC1c2ccccc2-c2ccccc21)C(=O)O)=C1C(=O)CC(C)(C)CC1=O. The second-order valence-electron chi connectivity index (χ2n) is 10.1. The van der Waals surface area contributed by atoms with Crippen molar-refractivity contribution in [3.63, 3.8) is 0 Å². The maximum Gasteiger partial charge on any atom is 0.407 e. The van der Waals surface area contributed by atoms with Gasteiger partial charge in [0, 0.05) is 31.0 Å². The third-order valence-electron chi connectivity index (χ3n) is 6.72. The number of amides is 1. The van der Waals surface area contributed by atoms with Gasteiger partial charge in [-0.25, -0.2) is 9.59 Å². The van der Waals surface area contributed by atoms with Crippen molar-refractivity contribution < 1.29 is 29.0 Å². The molecule has 1 atom stereocenters. The normalized spacial score (nSPS) is 17.1. The molecule has 0 aliphatic heterocycles. The van der Waals surface area contributed by atoms with Crippen molar-refractivity contribution in [1.82, 2.24) is 10.6 Å². The minimum atomic E-state index is -1.32. The van der Waals surface area contributed by atoms with Gasteiger partial charge in [0.25, 0.3) is 0 Å². The van der Waals surface area contributed by atoms with Gasteiger partial charge >= 0.3 is 12.1 Å². The molecule has 1 saturated carbocycles. The summed E-state index contributed by atoms with van der Waals surface area (Å²) < 4.78 is 5.44. The Morgan fingerprint density at radius 1 is 1.00 bits per heavy atom. The Labute approximate surface area is 209 Å². The molecule has 0 heterocycles. The fourth-order valence-corrected chi connectivity index (χ4v) is 5.01. The average molecular weight is 491 g/mol. The Kier molecular flexibility index (Phi) is 6.97. The average Bonchev–Trinajstić information content (AvgIpc) is 3.12. The summed E-state index contributed by atoms with van der Waals surface area (Å²) in [5.41, 5.74) is 4.26. The highest BCUT2D eigenvalue weighted by atomic mass is 16.5. The predicted molar refractivity (Wildman–Crippen MR) is 133 cm³/mol. The lowest BCUT2D eigenvalue weighted by Crippen LogP contribution is -2.47. The van der Waals surface area contributed by atoms with Crippen LogP contribution < -0.4 is 10.6 Å². The van der Waals surface area contributed by atoms with Crippen molar-refractivity contribution in [3.8, 4) is 11.1 Å². The second-order valence-corrected chi connectivity index (χ2v) is 10.1. The quantitative estimate of drug-likeness (QED) is 0.399. The van der Waals surface area contributed by atoms with Gasteiger partial charge < -0.3 is 20.5 Å². The van der Waals surface area contributed by atoms with Crippen LogP contribution in [0.25, 0.3) is 11.1 Å². The zero-order chi connectivity index (χ0) is 26.0. The monoisotopic (exact) mass is 490 g/mol. The van der Waals surface area contributed by atoms with Crippen LogP contribution in [-0.2, 0) is 19.1 Å². The number of fused-ring (bicyclic) bond motifs is 3. The first-order valence-electron chi connectivity index (χ1n) is 11.9. The van der Waals surface area contributed by atoms with Crippen LogP contribution >= 0.6 is 0 Å². The number of carboxylic acids is 1. The Bertz CT molecular complexity index is 1190. The lowest BCUT2D eigenvalue weighted by molar-refractivity contribution is -0.139. The molecule has 2 aliphatic carbocycles. The zero-order valence-electron chi connectivity index (χ0n) is 20.6. The topological polar surface area (TPSA) is 122 Å². The molecule has 8 nitrogen and oxygen atoms in total. The van der Waals surface area contributed by atoms with E-state index in [2.05, 4.69) is 10.6 Å². The van der Waals surface area contributed by atoms with Gasteiger partial charge in [0.15, 0.2) is 11.6 Å². The van der Waals surface area contributed by atoms with E-state index in [4.69, 9.17) is 4.74 Å². The largest absolute Gasteiger partial charge is 0.480 e. The van der Waals surface area contributed by atoms with E-state index < -0.39 is 23.5 Å². The van der Waals surface area contributed by atoms with Gasteiger partial charge in [-0.05, 0) is 34.6 Å². The zero-order valence-corrected chi connectivity index (χ0v) is 20.6. The van der Waals surface area contributed by atoms with Crippen LogP contribution in [0.4, 0.5) is 4.79 Å². The molecule has 1 amide bonds. The number of carbonyl (C=O) groups excluding carboxylic acids is 3. The molecule has 0 radical (unpaired) electrons. The van der Waals surface area contributed by atoms with Crippen LogP contribution in [0.2, 0.25) is 0 Å². The van der Waals surface area contributed by atoms with E-state index in [1.165, 1.54) is 0 Å². The number of aliphatic carboxylic acids is 1. The first-order chi connectivity index (χ1) is 17.1. The fourth-order valence-electron chi connectivity index (χ4n) is 5.01. The van der Waals surface area contributed by atoms with E-state index in [0.717, 1.165) is 22.3 Å². The van der Waals surface area contributed by atoms with Gasteiger partial charge in [-0.1, -0.05) is 62.4 Å². The number of hydrogen-bond acceptors (Lipinski definition) is 6. The van der Waals surface area contributed by atoms with E-state index >= 15 is 0 Å². The lowest BCUT2D eigenvalue weighted by Gasteiger charge is -2.29. The standard InChI is InChI=1S/C28H30N2O6/c1-16(25-23(31)12-28(2,3)13-24(25)32)29-14-22(26(33)34)30-27(35)36-15-21-19-10-6-4-8-17(19)18-9-5-7-11-20(18)21/h4-11,21-22,29H,12-15H2,1-3H3,(H,30,35)(H,33,34)/t22-/m1/s1. The molecular formula is C28H30N2O6. The molecule has 3 N–H and O–H groups in total. The van der Waals surface area contributed by atoms with Crippen LogP contribution in [0, 0.1) is 5.41 Å². The molecule has 36 heavy (non-hydrogen) atoms. The van der Waals surface area contributed by atoms with Crippen molar-refractivity contribution >= 4 is 23.6 Å². The molecule has 0 unspecified atom stereocenters. The summed E-state index contributed by atoms with van der Waals surface area (Å²) in [6, 6.07) is 14.5. The van der Waals surface area contributed by atoms with E-state index in [1.54, 1.807) is 6.92 Å². The number of carbonyl (C=O) groups is 4. The van der Waals surface area contributed by atoms with E-state index in [0.29, 0.717) is 5.70 Å². The molecule has 0 bridgehead atoms. The highest BCUT2D eigenvalue weighted by molar-refractivity contribution is 6.22. The molecule has 0 saturated heterocycles. The summed E-state index contributed by atoms with van der Waals surface area (Å²) in [7, 11) is 0. The summed E-state index contributed by atoms with van der Waals surface area (Å²) in [4.78, 5) is 49.2. The molecular weight excluding hydrogens is 460 g/mol. The summed E-state index contributed by atoms with van der Waals surface area (Å²) in [5.74, 6) is -1.95. The van der Waals surface area contributed by atoms with Crippen LogP contribution in [0.3, 0.4) is 0 Å². The number of hydrogen-bond donors (Lipinski definition) is 3. The van der Waals surface area contributed by atoms with Crippen molar-refractivity contribution in [3.05, 3.63) is 70.9 Å². The Morgan fingerprint density at radius 3 is 2.06 bits per heavy atom. The predicted octanol–water partition coefficient (Wildman–Crippen LogP) is 3.80. The number of Topliss-reactive ketones (excluding diaryl/α,β-unsaturated/α-hetero) is 2. The van der Waals surface area contributed by atoms with Gasteiger partial charge in [0.05, 0.1) is 5.57 Å². The molecule has 2 aliphatic rings. The fraction of sp³-hybridized carbons (Fsp3) is 0.357. The number of rotatable bonds is 7. The van der Waals surface area contributed by atoms with Gasteiger partial charge in [0.2, 0.25) is 0 Å². The molecule has 188 valence electrons. The molecule has 2 aromatic rings. The summed E-state index contributed by atoms with van der Waals surface area (Å²) in [6.07, 6.45) is -0.371. The van der Waals surface area contributed by atoms with Gasteiger partial charge in [-0.2, -0.15) is 0 Å². The lowest BCUT2D eigenvalue weighted by atomic mass is 9.73. The number of nitrogens with one attached hydrogen (secondary N) is 2. The first-order valence-corrected chi connectivity index (χ1v) is 11.9. The van der Waals surface area contributed by atoms with Crippen LogP contribution in [-0.4, -0.2) is 47.9 Å². The van der Waals surface area contributed by atoms with E-state index in [1.807, 2.05) is 62.4 Å².